The van der Waals surface area contributed by atoms with Gasteiger partial charge in [0.15, 0.2) is 5.65 Å². The van der Waals surface area contributed by atoms with Crippen LogP contribution in [-0.2, 0) is 0 Å². The standard InChI is InChI=1S/C19H19ClN6O/c1-22-14-6-11(20)4-5-12(14)16(21)15-9-24-18-17(26-15)13(8-23-18)19(27)25-7-10-2-3-10/h4-6,8-10,21-22H,2-3,7H2,1H3,(H,23,24)(H,25,27). The van der Waals surface area contributed by atoms with Crippen LogP contribution >= 0.6 is 11.6 Å². The number of fused-ring (bicyclic) bond motifs is 1. The molecule has 0 aliphatic heterocycles. The van der Waals surface area contributed by atoms with Gasteiger partial charge in [0.05, 0.1) is 17.5 Å². The minimum absolute atomic E-state index is 0.173. The zero-order valence-corrected chi connectivity index (χ0v) is 15.5. The molecular weight excluding hydrogens is 364 g/mol. The fourth-order valence-electron chi connectivity index (χ4n) is 2.92. The van der Waals surface area contributed by atoms with Crippen molar-refractivity contribution in [3.8, 4) is 0 Å². The number of halogens is 1. The zero-order valence-electron chi connectivity index (χ0n) is 14.8. The van der Waals surface area contributed by atoms with Crippen molar-refractivity contribution in [1.82, 2.24) is 20.3 Å². The van der Waals surface area contributed by atoms with E-state index < -0.39 is 0 Å². The molecule has 0 unspecified atom stereocenters. The molecule has 8 heteroatoms. The third-order valence-electron chi connectivity index (χ3n) is 4.65. The first kappa shape index (κ1) is 17.5. The maximum Gasteiger partial charge on any atom is 0.255 e. The summed E-state index contributed by atoms with van der Waals surface area (Å²) in [6.45, 7) is 0.685. The molecule has 0 bridgehead atoms. The van der Waals surface area contributed by atoms with Crippen molar-refractivity contribution in [3.63, 3.8) is 0 Å². The molecule has 1 aromatic carbocycles. The van der Waals surface area contributed by atoms with Crippen LogP contribution in [0.3, 0.4) is 0 Å². The molecular formula is C19H19ClN6O. The lowest BCUT2D eigenvalue weighted by atomic mass is 10.1. The van der Waals surface area contributed by atoms with Crippen molar-refractivity contribution < 1.29 is 4.79 Å². The molecule has 7 nitrogen and oxygen atoms in total. The second-order valence-corrected chi connectivity index (χ2v) is 7.06. The molecule has 3 aromatic rings. The number of amides is 1. The number of H-pyrrole nitrogens is 1. The fourth-order valence-corrected chi connectivity index (χ4v) is 3.09. The number of rotatable bonds is 6. The highest BCUT2D eigenvalue weighted by molar-refractivity contribution is 6.31. The molecule has 0 radical (unpaired) electrons. The Bertz CT molecular complexity index is 1040. The number of hydrogen-bond donors (Lipinski definition) is 4. The predicted molar refractivity (Wildman–Crippen MR) is 106 cm³/mol. The monoisotopic (exact) mass is 382 g/mol. The van der Waals surface area contributed by atoms with E-state index >= 15 is 0 Å². The normalized spacial score (nSPS) is 13.6. The molecule has 1 amide bonds. The van der Waals surface area contributed by atoms with E-state index in [4.69, 9.17) is 17.0 Å². The number of anilines is 1. The Morgan fingerprint density at radius 1 is 1.37 bits per heavy atom. The van der Waals surface area contributed by atoms with Gasteiger partial charge < -0.3 is 15.6 Å². The van der Waals surface area contributed by atoms with Crippen LogP contribution in [0.15, 0.2) is 30.6 Å². The van der Waals surface area contributed by atoms with Crippen molar-refractivity contribution in [1.29, 1.82) is 5.41 Å². The Morgan fingerprint density at radius 3 is 2.93 bits per heavy atom. The summed E-state index contributed by atoms with van der Waals surface area (Å²) < 4.78 is 0. The number of benzene rings is 1. The van der Waals surface area contributed by atoms with Gasteiger partial charge in [-0.15, -0.1) is 0 Å². The summed E-state index contributed by atoms with van der Waals surface area (Å²) in [5.74, 6) is 0.424. The van der Waals surface area contributed by atoms with Crippen LogP contribution < -0.4 is 10.6 Å². The molecule has 0 atom stereocenters. The average Bonchev–Trinajstić information content (AvgIpc) is 3.42. The van der Waals surface area contributed by atoms with E-state index in [0.29, 0.717) is 45.5 Å². The molecule has 2 heterocycles. The summed E-state index contributed by atoms with van der Waals surface area (Å²) in [6, 6.07) is 5.25. The number of aromatic nitrogens is 3. The highest BCUT2D eigenvalue weighted by Gasteiger charge is 2.23. The Kier molecular flexibility index (Phi) is 4.53. The number of carbonyl (C=O) groups is 1. The van der Waals surface area contributed by atoms with Gasteiger partial charge in [0.2, 0.25) is 0 Å². The van der Waals surface area contributed by atoms with Crippen LogP contribution in [0.2, 0.25) is 5.02 Å². The van der Waals surface area contributed by atoms with Crippen LogP contribution in [0.1, 0.15) is 34.5 Å². The van der Waals surface area contributed by atoms with Gasteiger partial charge >= 0.3 is 0 Å². The summed E-state index contributed by atoms with van der Waals surface area (Å²) >= 11 is 6.03. The molecule has 1 fully saturated rings. The van der Waals surface area contributed by atoms with Gasteiger partial charge in [-0.3, -0.25) is 10.2 Å². The number of nitrogens with one attached hydrogen (secondary N) is 4. The lowest BCUT2D eigenvalue weighted by Crippen LogP contribution is -2.25. The van der Waals surface area contributed by atoms with E-state index in [0.717, 1.165) is 5.69 Å². The summed E-state index contributed by atoms with van der Waals surface area (Å²) in [4.78, 5) is 24.3. The predicted octanol–water partition coefficient (Wildman–Crippen LogP) is 3.21. The van der Waals surface area contributed by atoms with E-state index in [1.807, 2.05) is 0 Å². The summed E-state index contributed by atoms with van der Waals surface area (Å²) in [7, 11) is 1.77. The zero-order chi connectivity index (χ0) is 19.0. The molecule has 138 valence electrons. The van der Waals surface area contributed by atoms with Crippen LogP contribution in [0.4, 0.5) is 5.69 Å². The summed E-state index contributed by atoms with van der Waals surface area (Å²) in [5.41, 5.74) is 3.40. The van der Waals surface area contributed by atoms with Gasteiger partial charge in [-0.2, -0.15) is 0 Å². The average molecular weight is 383 g/mol. The molecule has 0 saturated heterocycles. The molecule has 4 rings (SSSR count). The van der Waals surface area contributed by atoms with Crippen molar-refractivity contribution in [2.75, 3.05) is 18.9 Å². The maximum absolute atomic E-state index is 12.5. The molecule has 0 spiro atoms. The van der Waals surface area contributed by atoms with Crippen LogP contribution in [0.25, 0.3) is 11.2 Å². The first-order chi connectivity index (χ1) is 13.1. The lowest BCUT2D eigenvalue weighted by molar-refractivity contribution is 0.0953. The second kappa shape index (κ2) is 7.00. The third kappa shape index (κ3) is 3.50. The van der Waals surface area contributed by atoms with Gasteiger partial charge in [-0.1, -0.05) is 11.6 Å². The van der Waals surface area contributed by atoms with E-state index in [9.17, 15) is 4.79 Å². The van der Waals surface area contributed by atoms with Crippen LogP contribution in [0.5, 0.6) is 0 Å². The molecule has 1 aliphatic carbocycles. The molecule has 1 aliphatic rings. The molecule has 2 aromatic heterocycles. The number of carbonyl (C=O) groups excluding carboxylic acids is 1. The lowest BCUT2D eigenvalue weighted by Gasteiger charge is -2.10. The Morgan fingerprint density at radius 2 is 2.19 bits per heavy atom. The van der Waals surface area contributed by atoms with Gasteiger partial charge in [-0.25, -0.2) is 9.97 Å². The van der Waals surface area contributed by atoms with Gasteiger partial charge in [-0.05, 0) is 37.0 Å². The van der Waals surface area contributed by atoms with Crippen molar-refractivity contribution in [3.05, 3.63) is 52.4 Å². The summed E-state index contributed by atoms with van der Waals surface area (Å²) in [5, 5.41) is 15.1. The van der Waals surface area contributed by atoms with Gasteiger partial charge in [0.1, 0.15) is 11.2 Å². The largest absolute Gasteiger partial charge is 0.388 e. The maximum atomic E-state index is 12.5. The first-order valence-corrected chi connectivity index (χ1v) is 9.13. The van der Waals surface area contributed by atoms with Gasteiger partial charge in [0, 0.05) is 36.1 Å². The van der Waals surface area contributed by atoms with Crippen LogP contribution in [0, 0.1) is 11.3 Å². The fraction of sp³-hybridized carbons (Fsp3) is 0.263. The summed E-state index contributed by atoms with van der Waals surface area (Å²) in [6.07, 6.45) is 5.48. The number of aromatic amines is 1. The second-order valence-electron chi connectivity index (χ2n) is 6.62. The third-order valence-corrected chi connectivity index (χ3v) is 4.89. The SMILES string of the molecule is CNc1cc(Cl)ccc1C(=N)c1cnc2[nH]cc(C(=O)NCC3CC3)c2n1. The topological polar surface area (TPSA) is 107 Å². The number of hydrogen-bond acceptors (Lipinski definition) is 5. The Balaban J connectivity index is 1.67. The highest BCUT2D eigenvalue weighted by atomic mass is 35.5. The van der Waals surface area contributed by atoms with Crippen LogP contribution in [-0.4, -0.2) is 40.2 Å². The van der Waals surface area contributed by atoms with Gasteiger partial charge in [0.25, 0.3) is 5.91 Å². The molecule has 4 N–H and O–H groups in total. The minimum atomic E-state index is -0.173. The Hall–Kier alpha value is -2.93. The number of nitrogens with zero attached hydrogens (tertiary/aromatic N) is 2. The van der Waals surface area contributed by atoms with E-state index in [-0.39, 0.29) is 11.6 Å². The van der Waals surface area contributed by atoms with E-state index in [1.54, 1.807) is 31.4 Å². The van der Waals surface area contributed by atoms with E-state index in [2.05, 4.69) is 25.6 Å². The van der Waals surface area contributed by atoms with Crippen molar-refractivity contribution >= 4 is 40.1 Å². The van der Waals surface area contributed by atoms with Crippen molar-refractivity contribution in [2.24, 2.45) is 5.92 Å². The van der Waals surface area contributed by atoms with E-state index in [1.165, 1.54) is 19.0 Å². The minimum Gasteiger partial charge on any atom is -0.388 e. The molecule has 1 saturated carbocycles. The van der Waals surface area contributed by atoms with Crippen molar-refractivity contribution in [2.45, 2.75) is 12.8 Å². The quantitative estimate of drug-likeness (QED) is 0.491. The first-order valence-electron chi connectivity index (χ1n) is 8.75. The highest BCUT2D eigenvalue weighted by Crippen LogP contribution is 2.28. The Labute approximate surface area is 161 Å². The smallest absolute Gasteiger partial charge is 0.255 e. The molecule has 27 heavy (non-hydrogen) atoms.